The normalized spacial score (nSPS) is 14.7. The van der Waals surface area contributed by atoms with E-state index in [1.54, 1.807) is 0 Å². The molecule has 0 saturated carbocycles. The van der Waals surface area contributed by atoms with Crippen LogP contribution in [0.3, 0.4) is 0 Å². The van der Waals surface area contributed by atoms with E-state index in [2.05, 4.69) is 62.5 Å². The summed E-state index contributed by atoms with van der Waals surface area (Å²) in [4.78, 5) is 37.5. The molecule has 0 aromatic heterocycles. The minimum Gasteiger partial charge on any atom is -0.456 e. The highest BCUT2D eigenvalue weighted by Gasteiger charge is 2.30. The Kier molecular flexibility index (Phi) is 46.0. The Hall–Kier alpha value is -3.33. The molecule has 2 N–H and O–H groups in total. The molecule has 1 amide bonds. The number of hydrogen-bond donors (Lipinski definition) is 2. The number of rotatable bonds is 47. The summed E-state index contributed by atoms with van der Waals surface area (Å²) in [6.07, 6.45) is 65.1. The maximum absolute atomic E-state index is 13.5. The molecule has 0 aliphatic heterocycles. The number of nitrogens with zero attached hydrogens (tertiary/aromatic N) is 1. The first kappa shape index (κ1) is 65.7. The summed E-state index contributed by atoms with van der Waals surface area (Å²) in [5.74, 6) is -0.576. The van der Waals surface area contributed by atoms with Crippen molar-refractivity contribution in [1.82, 2.24) is 5.32 Å². The third-order valence-electron chi connectivity index (χ3n) is 11.4. The number of phosphoric acid groups is 1. The fraction of sp³-hybridized carbons (Fsp3) is 0.661. The van der Waals surface area contributed by atoms with Gasteiger partial charge in [-0.2, -0.15) is 0 Å². The van der Waals surface area contributed by atoms with Gasteiger partial charge in [0, 0.05) is 12.8 Å². The second-order valence-electron chi connectivity index (χ2n) is 19.1. The molecule has 0 radical (unpaired) electrons. The summed E-state index contributed by atoms with van der Waals surface area (Å²) in [6, 6.07) is -0.880. The Bertz CT molecular complexity index is 1550. The van der Waals surface area contributed by atoms with Crippen molar-refractivity contribution in [3.05, 3.63) is 109 Å². The smallest absolute Gasteiger partial charge is 0.456 e. The van der Waals surface area contributed by atoms with Crippen molar-refractivity contribution < 1.29 is 37.3 Å². The van der Waals surface area contributed by atoms with E-state index in [0.29, 0.717) is 17.4 Å². The van der Waals surface area contributed by atoms with E-state index < -0.39 is 20.0 Å². The molecular weight excluding hydrogens is 880 g/mol. The molecule has 0 heterocycles. The summed E-state index contributed by atoms with van der Waals surface area (Å²) in [5.41, 5.74) is 0. The van der Waals surface area contributed by atoms with E-state index in [4.69, 9.17) is 13.8 Å². The number of nitrogens with one attached hydrogen (secondary N) is 1. The van der Waals surface area contributed by atoms with Gasteiger partial charge in [-0.05, 0) is 76.7 Å². The minimum absolute atomic E-state index is 0.0236. The Morgan fingerprint density at radius 1 is 0.536 bits per heavy atom. The third-order valence-corrected chi connectivity index (χ3v) is 12.4. The predicted molar refractivity (Wildman–Crippen MR) is 295 cm³/mol. The summed E-state index contributed by atoms with van der Waals surface area (Å²) in [6.45, 7) is 6.69. The van der Waals surface area contributed by atoms with Crippen LogP contribution in [-0.4, -0.2) is 74.3 Å². The molecular formula is C59H102N2O7P+. The van der Waals surface area contributed by atoms with E-state index in [1.807, 2.05) is 94.1 Å². The van der Waals surface area contributed by atoms with Gasteiger partial charge in [-0.1, -0.05) is 220 Å². The Balaban J connectivity index is 5.51. The van der Waals surface area contributed by atoms with Crippen LogP contribution in [0.15, 0.2) is 109 Å². The highest BCUT2D eigenvalue weighted by molar-refractivity contribution is 7.47. The molecule has 10 heteroatoms. The largest absolute Gasteiger partial charge is 0.472 e. The molecule has 0 aliphatic carbocycles. The lowest BCUT2D eigenvalue weighted by atomic mass is 10.0. The Labute approximate surface area is 423 Å². The van der Waals surface area contributed by atoms with Crippen LogP contribution in [0, 0.1) is 0 Å². The number of esters is 1. The molecule has 0 aliphatic rings. The highest BCUT2D eigenvalue weighted by atomic mass is 31.2. The summed E-state index contributed by atoms with van der Waals surface area (Å²) in [7, 11) is 1.44. The van der Waals surface area contributed by atoms with Gasteiger partial charge in [0.05, 0.1) is 33.8 Å². The molecule has 0 aromatic carbocycles. The second kappa shape index (κ2) is 48.3. The van der Waals surface area contributed by atoms with Crippen molar-refractivity contribution in [2.45, 2.75) is 213 Å². The van der Waals surface area contributed by atoms with Gasteiger partial charge in [0.15, 0.2) is 0 Å². The van der Waals surface area contributed by atoms with Crippen molar-refractivity contribution in [2.75, 3.05) is 40.9 Å². The van der Waals surface area contributed by atoms with Crippen molar-refractivity contribution in [2.24, 2.45) is 0 Å². The SMILES string of the molecule is CC\C=C/C=C/C=C/C=C\C=C\C=C\CCCCCC(=O)NC(COP(=O)(O)OCC[N+](C)(C)C)C(/C=C/CCCCCCCCCCCC)OC(=O)CCCCCCCCC/C=C/C/C=C/CC. The average molecular weight is 982 g/mol. The second-order valence-corrected chi connectivity index (χ2v) is 20.6. The molecule has 0 fully saturated rings. The lowest BCUT2D eigenvalue weighted by Crippen LogP contribution is -2.47. The van der Waals surface area contributed by atoms with Gasteiger partial charge in [-0.15, -0.1) is 0 Å². The zero-order chi connectivity index (χ0) is 50.8. The van der Waals surface area contributed by atoms with Gasteiger partial charge in [0.2, 0.25) is 5.91 Å². The van der Waals surface area contributed by atoms with Crippen molar-refractivity contribution in [3.63, 3.8) is 0 Å². The number of carbonyl (C=O) groups is 2. The Morgan fingerprint density at radius 3 is 1.57 bits per heavy atom. The molecule has 0 saturated heterocycles. The maximum atomic E-state index is 13.5. The lowest BCUT2D eigenvalue weighted by molar-refractivity contribution is -0.870. The quantitative estimate of drug-likeness (QED) is 0.0156. The number of amides is 1. The molecule has 69 heavy (non-hydrogen) atoms. The lowest BCUT2D eigenvalue weighted by Gasteiger charge is -2.27. The number of likely N-dealkylation sites (N-methyl/N-ethyl adjacent to an activating group) is 1. The third kappa shape index (κ3) is 49.4. The van der Waals surface area contributed by atoms with Gasteiger partial charge in [-0.25, -0.2) is 4.57 Å². The molecule has 9 nitrogen and oxygen atoms in total. The van der Waals surface area contributed by atoms with Gasteiger partial charge in [0.25, 0.3) is 0 Å². The standard InChI is InChI=1S/C59H101N2O7P/c1-7-10-13-16-19-22-25-28-30-31-32-33-36-39-42-45-48-51-58(62)60-56(55-67-69(64,65)66-54-53-61(4,5)6)57(50-47-44-41-38-35-27-24-21-18-15-12-9-3)68-59(63)52-49-46-43-40-37-34-29-26-23-20-17-14-11-8-2/h10-11,13-14,16,19-20,22-23,25,28,30-33,36,47,50,56-57H,7-9,12,15,17-18,21,24,26-27,29,34-35,37-46,48-49,51-55H2,1-6H3,(H-,60,62,64,65)/p+1/b13-10-,14-11+,19-16+,23-20+,25-22+,30-28-,32-31+,36-33+,50-47+. The molecule has 394 valence electrons. The summed E-state index contributed by atoms with van der Waals surface area (Å²) < 4.78 is 30.5. The van der Waals surface area contributed by atoms with Crippen molar-refractivity contribution in [3.8, 4) is 0 Å². The maximum Gasteiger partial charge on any atom is 0.472 e. The van der Waals surface area contributed by atoms with Gasteiger partial charge in [-0.3, -0.25) is 18.6 Å². The van der Waals surface area contributed by atoms with Crippen LogP contribution in [0.4, 0.5) is 0 Å². The van der Waals surface area contributed by atoms with Crippen LogP contribution in [0.5, 0.6) is 0 Å². The number of allylic oxidation sites excluding steroid dienone is 17. The topological polar surface area (TPSA) is 111 Å². The molecule has 0 bridgehead atoms. The van der Waals surface area contributed by atoms with E-state index in [-0.39, 0.29) is 37.9 Å². The van der Waals surface area contributed by atoms with Gasteiger partial charge >= 0.3 is 13.8 Å². The Morgan fingerprint density at radius 2 is 1.00 bits per heavy atom. The molecule has 3 unspecified atom stereocenters. The highest BCUT2D eigenvalue weighted by Crippen LogP contribution is 2.43. The van der Waals surface area contributed by atoms with E-state index >= 15 is 0 Å². The molecule has 0 aromatic rings. The zero-order valence-corrected chi connectivity index (χ0v) is 45.7. The van der Waals surface area contributed by atoms with Crippen molar-refractivity contribution >= 4 is 19.7 Å². The number of unbranched alkanes of at least 4 members (excludes halogenated alkanes) is 20. The van der Waals surface area contributed by atoms with Crippen molar-refractivity contribution in [1.29, 1.82) is 0 Å². The fourth-order valence-corrected chi connectivity index (χ4v) is 7.92. The van der Waals surface area contributed by atoms with Gasteiger partial charge < -0.3 is 19.4 Å². The van der Waals surface area contributed by atoms with Crippen LogP contribution in [-0.2, 0) is 27.9 Å². The van der Waals surface area contributed by atoms with Crippen LogP contribution in [0.1, 0.15) is 201 Å². The number of phosphoric ester groups is 1. The first-order valence-electron chi connectivity index (χ1n) is 27.3. The average Bonchev–Trinajstić information content (AvgIpc) is 3.31. The predicted octanol–water partition coefficient (Wildman–Crippen LogP) is 16.2. The van der Waals surface area contributed by atoms with Crippen LogP contribution < -0.4 is 5.32 Å². The van der Waals surface area contributed by atoms with Crippen LogP contribution in [0.25, 0.3) is 0 Å². The van der Waals surface area contributed by atoms with Crippen LogP contribution in [0.2, 0.25) is 0 Å². The van der Waals surface area contributed by atoms with E-state index in [1.165, 1.54) is 70.6 Å². The van der Waals surface area contributed by atoms with E-state index in [0.717, 1.165) is 89.9 Å². The molecule has 0 rings (SSSR count). The summed E-state index contributed by atoms with van der Waals surface area (Å²) >= 11 is 0. The molecule has 3 atom stereocenters. The number of hydrogen-bond acceptors (Lipinski definition) is 6. The fourth-order valence-electron chi connectivity index (χ4n) is 7.18. The number of carbonyl (C=O) groups excluding carboxylic acids is 2. The monoisotopic (exact) mass is 982 g/mol. The van der Waals surface area contributed by atoms with Gasteiger partial charge in [0.1, 0.15) is 19.3 Å². The first-order chi connectivity index (χ1) is 33.4. The summed E-state index contributed by atoms with van der Waals surface area (Å²) in [5, 5.41) is 3.01. The number of quaternary nitrogens is 1. The molecule has 0 spiro atoms. The van der Waals surface area contributed by atoms with E-state index in [9.17, 15) is 19.0 Å². The van der Waals surface area contributed by atoms with Crippen LogP contribution >= 0.6 is 7.82 Å². The minimum atomic E-state index is -4.46. The number of ether oxygens (including phenoxy) is 1. The zero-order valence-electron chi connectivity index (χ0n) is 44.8. The first-order valence-corrected chi connectivity index (χ1v) is 28.8.